The second-order valence-corrected chi connectivity index (χ2v) is 6.23. The van der Waals surface area contributed by atoms with Gasteiger partial charge in [-0.2, -0.15) is 0 Å². The highest BCUT2D eigenvalue weighted by molar-refractivity contribution is 5.73. The summed E-state index contributed by atoms with van der Waals surface area (Å²) < 4.78 is 28.7. The third-order valence-corrected chi connectivity index (χ3v) is 4.24. The molecule has 0 aliphatic rings. The Morgan fingerprint density at radius 3 is 2.21 bits per heavy atom. The first-order valence-corrected chi connectivity index (χ1v) is 7.67. The fraction of sp³-hybridized carbons (Fsp3) is 0.316. The number of halogens is 2. The lowest BCUT2D eigenvalue weighted by atomic mass is 9.89. The van der Waals surface area contributed by atoms with Crippen molar-refractivity contribution in [3.8, 4) is 11.1 Å². The van der Waals surface area contributed by atoms with Crippen LogP contribution in [0.3, 0.4) is 0 Å². The molecule has 3 nitrogen and oxygen atoms in total. The predicted octanol–water partition coefficient (Wildman–Crippen LogP) is 4.34. The van der Waals surface area contributed by atoms with Crippen molar-refractivity contribution in [2.45, 2.75) is 40.2 Å². The van der Waals surface area contributed by atoms with Crippen molar-refractivity contribution < 1.29 is 18.7 Å². The van der Waals surface area contributed by atoms with Crippen LogP contribution >= 0.6 is 0 Å². The molecule has 0 fully saturated rings. The molecule has 0 spiro atoms. The Balaban J connectivity index is 2.68. The van der Waals surface area contributed by atoms with Crippen molar-refractivity contribution in [1.82, 2.24) is 0 Å². The molecule has 2 rings (SSSR count). The lowest BCUT2D eigenvalue weighted by molar-refractivity contribution is -0.137. The maximum Gasteiger partial charge on any atom is 0.305 e. The fourth-order valence-corrected chi connectivity index (χ4v) is 3.11. The monoisotopic (exact) mass is 333 g/mol. The standard InChI is InChI=1S/C19H21F2NO2/c1-9-5-10(2)18(20)12(4)17(9)13-6-11(3)19(21)14(7-13)15(22)8-16(23)24/h5-7,15H,8,22H2,1-4H3,(H,23,24). The lowest BCUT2D eigenvalue weighted by Crippen LogP contribution is -2.17. The second kappa shape index (κ2) is 6.69. The van der Waals surface area contributed by atoms with Crippen molar-refractivity contribution >= 4 is 5.97 Å². The summed E-state index contributed by atoms with van der Waals surface area (Å²) in [6, 6.07) is 3.95. The van der Waals surface area contributed by atoms with E-state index in [1.165, 1.54) is 6.07 Å². The molecule has 2 aromatic carbocycles. The van der Waals surface area contributed by atoms with Gasteiger partial charge < -0.3 is 10.8 Å². The summed E-state index contributed by atoms with van der Waals surface area (Å²) in [7, 11) is 0. The van der Waals surface area contributed by atoms with Crippen molar-refractivity contribution in [3.05, 3.63) is 57.7 Å². The first-order chi connectivity index (χ1) is 11.1. The summed E-state index contributed by atoms with van der Waals surface area (Å²) in [5.41, 5.74) is 9.56. The van der Waals surface area contributed by atoms with Gasteiger partial charge in [0.15, 0.2) is 0 Å². The average molecular weight is 333 g/mol. The number of hydrogen-bond acceptors (Lipinski definition) is 2. The zero-order valence-corrected chi connectivity index (χ0v) is 14.2. The minimum absolute atomic E-state index is 0.132. The Hall–Kier alpha value is -2.27. The molecule has 128 valence electrons. The van der Waals surface area contributed by atoms with Crippen molar-refractivity contribution in [2.75, 3.05) is 0 Å². The molecule has 0 saturated heterocycles. The zero-order chi connectivity index (χ0) is 18.2. The van der Waals surface area contributed by atoms with E-state index in [0.717, 1.165) is 5.56 Å². The Bertz CT molecular complexity index is 816. The van der Waals surface area contributed by atoms with Crippen LogP contribution in [0.4, 0.5) is 8.78 Å². The normalized spacial score (nSPS) is 12.3. The fourth-order valence-electron chi connectivity index (χ4n) is 3.11. The number of aryl methyl sites for hydroxylation is 3. The van der Waals surface area contributed by atoms with Crippen LogP contribution in [0.2, 0.25) is 0 Å². The van der Waals surface area contributed by atoms with Gasteiger partial charge in [0, 0.05) is 11.6 Å². The molecule has 0 amide bonds. The van der Waals surface area contributed by atoms with E-state index >= 15 is 0 Å². The molecule has 1 unspecified atom stereocenters. The van der Waals surface area contributed by atoms with Gasteiger partial charge in [-0.3, -0.25) is 4.79 Å². The first-order valence-electron chi connectivity index (χ1n) is 7.67. The van der Waals surface area contributed by atoms with Gasteiger partial charge in [0.05, 0.1) is 6.42 Å². The van der Waals surface area contributed by atoms with Gasteiger partial charge in [0.25, 0.3) is 0 Å². The van der Waals surface area contributed by atoms with Gasteiger partial charge in [-0.15, -0.1) is 0 Å². The van der Waals surface area contributed by atoms with Crippen molar-refractivity contribution in [1.29, 1.82) is 0 Å². The van der Waals surface area contributed by atoms with E-state index in [-0.39, 0.29) is 17.8 Å². The minimum Gasteiger partial charge on any atom is -0.481 e. The van der Waals surface area contributed by atoms with E-state index in [1.807, 2.05) is 6.92 Å². The number of carboxylic acids is 1. The molecule has 3 N–H and O–H groups in total. The molecule has 1 atom stereocenters. The van der Waals surface area contributed by atoms with Crippen LogP contribution in [-0.2, 0) is 4.79 Å². The predicted molar refractivity (Wildman–Crippen MR) is 89.9 cm³/mol. The topological polar surface area (TPSA) is 63.3 Å². The van der Waals surface area contributed by atoms with Gasteiger partial charge in [-0.05, 0) is 73.2 Å². The number of nitrogens with two attached hydrogens (primary N) is 1. The van der Waals surface area contributed by atoms with Crippen molar-refractivity contribution in [3.63, 3.8) is 0 Å². The summed E-state index contributed by atoms with van der Waals surface area (Å²) in [5, 5.41) is 8.89. The summed E-state index contributed by atoms with van der Waals surface area (Å²) in [6.45, 7) is 6.83. The summed E-state index contributed by atoms with van der Waals surface area (Å²) in [6.07, 6.45) is -0.375. The third kappa shape index (κ3) is 3.31. The number of carbonyl (C=O) groups is 1. The van der Waals surface area contributed by atoms with Gasteiger partial charge >= 0.3 is 5.97 Å². The van der Waals surface area contributed by atoms with E-state index in [2.05, 4.69) is 0 Å². The van der Waals surface area contributed by atoms with Gasteiger partial charge in [-0.1, -0.05) is 6.07 Å². The maximum atomic E-state index is 14.4. The molecule has 0 bridgehead atoms. The number of hydrogen-bond donors (Lipinski definition) is 2. The molecule has 0 saturated carbocycles. The maximum absolute atomic E-state index is 14.4. The Kier molecular flexibility index (Phi) is 5.04. The molecule has 0 aliphatic heterocycles. The van der Waals surface area contributed by atoms with Gasteiger partial charge in [0.2, 0.25) is 0 Å². The number of benzene rings is 2. The van der Waals surface area contributed by atoms with Gasteiger partial charge in [-0.25, -0.2) is 8.78 Å². The zero-order valence-electron chi connectivity index (χ0n) is 14.2. The highest BCUT2D eigenvalue weighted by Crippen LogP contribution is 2.34. The lowest BCUT2D eigenvalue weighted by Gasteiger charge is -2.18. The molecule has 0 heterocycles. The first kappa shape index (κ1) is 18.1. The van der Waals surface area contributed by atoms with E-state index < -0.39 is 17.8 Å². The second-order valence-electron chi connectivity index (χ2n) is 6.23. The summed E-state index contributed by atoms with van der Waals surface area (Å²) in [5.74, 6) is -1.91. The third-order valence-electron chi connectivity index (χ3n) is 4.24. The van der Waals surface area contributed by atoms with Crippen LogP contribution in [0.5, 0.6) is 0 Å². The Morgan fingerprint density at radius 2 is 1.62 bits per heavy atom. The number of aliphatic carboxylic acids is 1. The smallest absolute Gasteiger partial charge is 0.305 e. The highest BCUT2D eigenvalue weighted by Gasteiger charge is 2.20. The Labute approximate surface area is 140 Å². The largest absolute Gasteiger partial charge is 0.481 e. The van der Waals surface area contributed by atoms with Crippen molar-refractivity contribution in [2.24, 2.45) is 5.73 Å². The molecule has 0 radical (unpaired) electrons. The molecular weight excluding hydrogens is 312 g/mol. The van der Waals surface area contributed by atoms with Crippen LogP contribution in [0.15, 0.2) is 18.2 Å². The number of rotatable bonds is 4. The number of carboxylic acid groups (broad SMARTS) is 1. The summed E-state index contributed by atoms with van der Waals surface area (Å²) >= 11 is 0. The average Bonchev–Trinajstić information content (AvgIpc) is 2.47. The van der Waals surface area contributed by atoms with Crippen LogP contribution in [-0.4, -0.2) is 11.1 Å². The van der Waals surface area contributed by atoms with E-state index in [4.69, 9.17) is 10.8 Å². The SMILES string of the molecule is Cc1cc(-c2c(C)cc(C)c(F)c2C)cc(C(N)CC(=O)O)c1F. The van der Waals surface area contributed by atoms with Crippen LogP contribution < -0.4 is 5.73 Å². The van der Waals surface area contributed by atoms with Crippen LogP contribution in [0, 0.1) is 39.3 Å². The summed E-state index contributed by atoms with van der Waals surface area (Å²) in [4.78, 5) is 10.9. The molecular formula is C19H21F2NO2. The van der Waals surface area contributed by atoms with E-state index in [1.54, 1.807) is 32.9 Å². The van der Waals surface area contributed by atoms with E-state index in [0.29, 0.717) is 27.8 Å². The Morgan fingerprint density at radius 1 is 1.04 bits per heavy atom. The quantitative estimate of drug-likeness (QED) is 0.875. The molecule has 5 heteroatoms. The molecule has 0 aliphatic carbocycles. The van der Waals surface area contributed by atoms with Crippen LogP contribution in [0.25, 0.3) is 11.1 Å². The highest BCUT2D eigenvalue weighted by atomic mass is 19.1. The van der Waals surface area contributed by atoms with E-state index in [9.17, 15) is 13.6 Å². The minimum atomic E-state index is -1.10. The molecule has 24 heavy (non-hydrogen) atoms. The van der Waals surface area contributed by atoms with Crippen LogP contribution in [0.1, 0.15) is 40.3 Å². The molecule has 0 aromatic heterocycles. The van der Waals surface area contributed by atoms with Gasteiger partial charge in [0.1, 0.15) is 11.6 Å². The molecule has 2 aromatic rings.